The summed E-state index contributed by atoms with van der Waals surface area (Å²) >= 11 is 0. The normalized spacial score (nSPS) is 15.8. The minimum Gasteiger partial charge on any atom is -0.343 e. The predicted molar refractivity (Wildman–Crippen MR) is 181 cm³/mol. The third kappa shape index (κ3) is 12.6. The summed E-state index contributed by atoms with van der Waals surface area (Å²) in [7, 11) is 1.87. The number of nitrogens with zero attached hydrogens (tertiary/aromatic N) is 2. The van der Waals surface area contributed by atoms with E-state index in [1.54, 1.807) is 0 Å². The molecule has 3 amide bonds. The Morgan fingerprint density at radius 3 is 2.16 bits per heavy atom. The summed E-state index contributed by atoms with van der Waals surface area (Å²) in [5, 5.41) is 6.49. The lowest BCUT2D eigenvalue weighted by Crippen LogP contribution is -2.56. The van der Waals surface area contributed by atoms with Crippen LogP contribution in [0.1, 0.15) is 69.9 Å². The number of likely N-dealkylation sites (tertiary alicyclic amines) is 1. The van der Waals surface area contributed by atoms with Crippen LogP contribution in [-0.2, 0) is 27.2 Å². The maximum Gasteiger partial charge on any atom is 0.245 e. The fraction of sp³-hybridized carbons (Fsp3) is 0.583. The number of rotatable bonds is 18. The first-order valence-corrected chi connectivity index (χ1v) is 16.8. The fourth-order valence-corrected chi connectivity index (χ4v) is 6.03. The Balaban J connectivity index is 1.55. The van der Waals surface area contributed by atoms with Crippen LogP contribution >= 0.6 is 0 Å². The molecule has 2 aromatic carbocycles. The maximum atomic E-state index is 13.8. The van der Waals surface area contributed by atoms with Gasteiger partial charge in [-0.2, -0.15) is 0 Å². The van der Waals surface area contributed by atoms with Gasteiger partial charge in [0.1, 0.15) is 6.04 Å². The molecule has 1 fully saturated rings. The molecule has 0 unspecified atom stereocenters. The van der Waals surface area contributed by atoms with Gasteiger partial charge in [-0.05, 0) is 75.0 Å². The van der Waals surface area contributed by atoms with E-state index in [4.69, 9.17) is 11.5 Å². The lowest BCUT2D eigenvalue weighted by atomic mass is 9.99. The Labute approximate surface area is 270 Å². The zero-order valence-electron chi connectivity index (χ0n) is 27.6. The number of hydrogen-bond donors (Lipinski definition) is 4. The molecule has 0 aromatic heterocycles. The summed E-state index contributed by atoms with van der Waals surface area (Å²) in [5.41, 5.74) is 14.5. The van der Waals surface area contributed by atoms with Crippen molar-refractivity contribution < 1.29 is 14.4 Å². The van der Waals surface area contributed by atoms with Gasteiger partial charge >= 0.3 is 0 Å². The van der Waals surface area contributed by atoms with E-state index in [9.17, 15) is 14.4 Å². The molecule has 0 bridgehead atoms. The molecule has 1 heterocycles. The van der Waals surface area contributed by atoms with Gasteiger partial charge in [-0.3, -0.25) is 14.4 Å². The Morgan fingerprint density at radius 1 is 0.933 bits per heavy atom. The minimum atomic E-state index is -0.611. The van der Waals surface area contributed by atoms with E-state index in [1.807, 2.05) is 65.4 Å². The largest absolute Gasteiger partial charge is 0.343 e. The molecule has 3 atom stereocenters. The fourth-order valence-electron chi connectivity index (χ4n) is 6.03. The Kier molecular flexibility index (Phi) is 15.5. The van der Waals surface area contributed by atoms with Gasteiger partial charge in [-0.25, -0.2) is 0 Å². The molecular weight excluding hydrogens is 564 g/mol. The topological polar surface area (TPSA) is 134 Å². The summed E-state index contributed by atoms with van der Waals surface area (Å²) in [6.07, 6.45) is 6.08. The molecule has 0 radical (unpaired) electrons. The number of carbonyl (C=O) groups is 3. The van der Waals surface area contributed by atoms with Crippen molar-refractivity contribution in [1.82, 2.24) is 20.4 Å². The molecule has 9 nitrogen and oxygen atoms in total. The van der Waals surface area contributed by atoms with Crippen molar-refractivity contribution in [2.24, 2.45) is 17.4 Å². The van der Waals surface area contributed by atoms with Crippen molar-refractivity contribution >= 4 is 17.7 Å². The second-order valence-corrected chi connectivity index (χ2v) is 12.9. The van der Waals surface area contributed by atoms with Crippen LogP contribution in [0.15, 0.2) is 60.7 Å². The van der Waals surface area contributed by atoms with Crippen LogP contribution in [0, 0.1) is 5.92 Å². The van der Waals surface area contributed by atoms with Crippen molar-refractivity contribution in [2.75, 3.05) is 33.2 Å². The van der Waals surface area contributed by atoms with Crippen LogP contribution < -0.4 is 22.1 Å². The number of unbranched alkanes of at least 4 members (excludes halogenated alkanes) is 1. The first-order valence-electron chi connectivity index (χ1n) is 16.8. The predicted octanol–water partition coefficient (Wildman–Crippen LogP) is 3.26. The van der Waals surface area contributed by atoms with Gasteiger partial charge in [-0.15, -0.1) is 0 Å². The first-order chi connectivity index (χ1) is 21.7. The van der Waals surface area contributed by atoms with Crippen LogP contribution in [0.25, 0.3) is 0 Å². The van der Waals surface area contributed by atoms with Crippen molar-refractivity contribution in [2.45, 2.75) is 95.8 Å². The standard InChI is InChI=1S/C36H56N6O3/c1-27(2)24-33(39-26-30(38)25-29-14-8-5-9-15-29)35(44)40-32(16-10-11-21-37)36(45)42-22-19-31(20-23-42)41(3)34(43)18-17-28-12-6-4-7-13-28/h4-9,12-15,27,30-33,39H,10-11,16-26,37-38H2,1-3H3,(H,40,44)/t30-,32-,33-/m1/s1. The van der Waals surface area contributed by atoms with Crippen molar-refractivity contribution in [3.05, 3.63) is 71.8 Å². The smallest absolute Gasteiger partial charge is 0.245 e. The van der Waals surface area contributed by atoms with Crippen LogP contribution in [-0.4, -0.2) is 84.9 Å². The third-order valence-electron chi connectivity index (χ3n) is 8.74. The summed E-state index contributed by atoms with van der Waals surface area (Å²) in [6.45, 7) is 6.33. The van der Waals surface area contributed by atoms with Gasteiger partial charge in [0.25, 0.3) is 0 Å². The van der Waals surface area contributed by atoms with Gasteiger partial charge in [0.15, 0.2) is 0 Å². The van der Waals surface area contributed by atoms with Crippen LogP contribution in [0.3, 0.4) is 0 Å². The molecule has 6 N–H and O–H groups in total. The number of amides is 3. The number of piperidine rings is 1. The third-order valence-corrected chi connectivity index (χ3v) is 8.74. The lowest BCUT2D eigenvalue weighted by Gasteiger charge is -2.38. The van der Waals surface area contributed by atoms with E-state index in [0.29, 0.717) is 51.9 Å². The van der Waals surface area contributed by atoms with Crippen LogP contribution in [0.2, 0.25) is 0 Å². The highest BCUT2D eigenvalue weighted by atomic mass is 16.2. The molecule has 248 valence electrons. The van der Waals surface area contributed by atoms with Crippen LogP contribution in [0.4, 0.5) is 0 Å². The van der Waals surface area contributed by atoms with E-state index >= 15 is 0 Å². The van der Waals surface area contributed by atoms with Gasteiger partial charge in [0, 0.05) is 45.2 Å². The zero-order chi connectivity index (χ0) is 32.6. The van der Waals surface area contributed by atoms with Crippen LogP contribution in [0.5, 0.6) is 0 Å². The Bertz CT molecular complexity index is 1150. The van der Waals surface area contributed by atoms with Gasteiger partial charge in [-0.1, -0.05) is 74.5 Å². The lowest BCUT2D eigenvalue weighted by molar-refractivity contribution is -0.139. The number of nitrogens with two attached hydrogens (primary N) is 2. The summed E-state index contributed by atoms with van der Waals surface area (Å²) < 4.78 is 0. The molecular formula is C36H56N6O3. The number of aryl methyl sites for hydroxylation is 1. The second kappa shape index (κ2) is 19.3. The second-order valence-electron chi connectivity index (χ2n) is 12.9. The number of benzene rings is 2. The minimum absolute atomic E-state index is 0.0547. The molecule has 1 aliphatic rings. The zero-order valence-corrected chi connectivity index (χ0v) is 27.6. The number of nitrogens with one attached hydrogen (secondary N) is 2. The van der Waals surface area contributed by atoms with E-state index in [-0.39, 0.29) is 35.7 Å². The van der Waals surface area contributed by atoms with E-state index in [0.717, 1.165) is 43.2 Å². The summed E-state index contributed by atoms with van der Waals surface area (Å²) in [5.74, 6) is 0.195. The number of carbonyl (C=O) groups excluding carboxylic acids is 3. The molecule has 3 rings (SSSR count). The average Bonchev–Trinajstić information content (AvgIpc) is 3.05. The van der Waals surface area contributed by atoms with E-state index in [2.05, 4.69) is 36.6 Å². The highest BCUT2D eigenvalue weighted by Crippen LogP contribution is 2.19. The Hall–Kier alpha value is -3.27. The molecule has 9 heteroatoms. The van der Waals surface area contributed by atoms with Gasteiger partial charge in [0.05, 0.1) is 6.04 Å². The molecule has 1 aliphatic heterocycles. The SMILES string of the molecule is CC(C)C[C@@H](NC[C@H](N)Cc1ccccc1)C(=O)N[C@H](CCCCN)C(=O)N1CCC(N(C)C(=O)CCc2ccccc2)CC1. The van der Waals surface area contributed by atoms with E-state index < -0.39 is 12.1 Å². The van der Waals surface area contributed by atoms with Crippen molar-refractivity contribution in [1.29, 1.82) is 0 Å². The molecule has 1 saturated heterocycles. The Morgan fingerprint density at radius 2 is 1.56 bits per heavy atom. The molecule has 0 spiro atoms. The monoisotopic (exact) mass is 620 g/mol. The van der Waals surface area contributed by atoms with Crippen molar-refractivity contribution in [3.8, 4) is 0 Å². The highest BCUT2D eigenvalue weighted by molar-refractivity contribution is 5.90. The first kappa shape index (κ1) is 36.2. The molecule has 0 saturated carbocycles. The average molecular weight is 621 g/mol. The highest BCUT2D eigenvalue weighted by Gasteiger charge is 2.32. The van der Waals surface area contributed by atoms with E-state index in [1.165, 1.54) is 0 Å². The maximum absolute atomic E-state index is 13.8. The number of hydrogen-bond acceptors (Lipinski definition) is 6. The summed E-state index contributed by atoms with van der Waals surface area (Å²) in [4.78, 5) is 44.0. The van der Waals surface area contributed by atoms with Gasteiger partial charge in [0.2, 0.25) is 17.7 Å². The molecule has 2 aromatic rings. The van der Waals surface area contributed by atoms with Gasteiger partial charge < -0.3 is 31.9 Å². The quantitative estimate of drug-likeness (QED) is 0.189. The molecule has 45 heavy (non-hydrogen) atoms. The molecule has 0 aliphatic carbocycles. The summed E-state index contributed by atoms with van der Waals surface area (Å²) in [6, 6.07) is 19.0. The van der Waals surface area contributed by atoms with Crippen molar-refractivity contribution in [3.63, 3.8) is 0 Å².